The minimum Gasteiger partial charge on any atom is -0.450 e. The van der Waals surface area contributed by atoms with E-state index < -0.39 is 5.60 Å². The monoisotopic (exact) mass is 251 g/mol. The summed E-state index contributed by atoms with van der Waals surface area (Å²) in [5.74, 6) is -0.207. The molecule has 4 heteroatoms. The van der Waals surface area contributed by atoms with Gasteiger partial charge in [0.15, 0.2) is 0 Å². The third kappa shape index (κ3) is 1.65. The summed E-state index contributed by atoms with van der Waals surface area (Å²) in [6, 6.07) is 5.40. The van der Waals surface area contributed by atoms with E-state index >= 15 is 0 Å². The van der Waals surface area contributed by atoms with E-state index in [0.29, 0.717) is 10.6 Å². The maximum absolute atomic E-state index is 11.9. The third-order valence-electron chi connectivity index (χ3n) is 3.78. The molecule has 0 aromatic heterocycles. The second-order valence-corrected chi connectivity index (χ2v) is 5.31. The fourth-order valence-electron chi connectivity index (χ4n) is 2.71. The van der Waals surface area contributed by atoms with E-state index in [-0.39, 0.29) is 5.97 Å². The van der Waals surface area contributed by atoms with Gasteiger partial charge in [0.05, 0.1) is 5.56 Å². The summed E-state index contributed by atoms with van der Waals surface area (Å²) in [5, 5.41) is 0.667. The number of rotatable bonds is 0. The van der Waals surface area contributed by atoms with Crippen molar-refractivity contribution < 1.29 is 9.53 Å². The number of piperidine rings is 1. The number of likely N-dealkylation sites (tertiary alicyclic amines) is 1. The predicted molar refractivity (Wildman–Crippen MR) is 65.3 cm³/mol. The predicted octanol–water partition coefficient (Wildman–Crippen LogP) is 2.43. The lowest BCUT2D eigenvalue weighted by atomic mass is 9.84. The largest absolute Gasteiger partial charge is 0.450 e. The number of carbonyl (C=O) groups is 1. The number of halogens is 1. The van der Waals surface area contributed by atoms with Gasteiger partial charge in [0.25, 0.3) is 0 Å². The number of benzene rings is 1. The minimum absolute atomic E-state index is 0.207. The normalized spacial score (nSPS) is 22.6. The van der Waals surface area contributed by atoms with Gasteiger partial charge in [-0.25, -0.2) is 4.79 Å². The molecular formula is C13H14ClNO2. The van der Waals surface area contributed by atoms with Crippen molar-refractivity contribution >= 4 is 17.6 Å². The summed E-state index contributed by atoms with van der Waals surface area (Å²) in [7, 11) is 2.09. The Labute approximate surface area is 105 Å². The molecule has 0 aliphatic carbocycles. The van der Waals surface area contributed by atoms with Crippen LogP contribution in [-0.2, 0) is 10.3 Å². The molecule has 0 unspecified atom stereocenters. The highest BCUT2D eigenvalue weighted by Crippen LogP contribution is 2.44. The molecule has 1 spiro atoms. The van der Waals surface area contributed by atoms with Crippen molar-refractivity contribution in [3.63, 3.8) is 0 Å². The van der Waals surface area contributed by atoms with Gasteiger partial charge < -0.3 is 9.64 Å². The van der Waals surface area contributed by atoms with Crippen molar-refractivity contribution in [2.45, 2.75) is 18.4 Å². The van der Waals surface area contributed by atoms with Crippen LogP contribution in [0.25, 0.3) is 0 Å². The van der Waals surface area contributed by atoms with Gasteiger partial charge in [-0.3, -0.25) is 0 Å². The van der Waals surface area contributed by atoms with Crippen LogP contribution in [-0.4, -0.2) is 31.0 Å². The highest BCUT2D eigenvalue weighted by molar-refractivity contribution is 6.30. The smallest absolute Gasteiger partial charge is 0.339 e. The summed E-state index contributed by atoms with van der Waals surface area (Å²) in [6.07, 6.45) is 1.70. The van der Waals surface area contributed by atoms with Gasteiger partial charge in [-0.05, 0) is 25.2 Å². The Morgan fingerprint density at radius 2 is 2.06 bits per heavy atom. The van der Waals surface area contributed by atoms with Crippen LogP contribution in [0.2, 0.25) is 5.02 Å². The van der Waals surface area contributed by atoms with Crippen molar-refractivity contribution in [1.82, 2.24) is 4.90 Å². The van der Waals surface area contributed by atoms with Crippen LogP contribution < -0.4 is 0 Å². The van der Waals surface area contributed by atoms with Crippen LogP contribution in [0, 0.1) is 0 Å². The van der Waals surface area contributed by atoms with E-state index in [4.69, 9.17) is 16.3 Å². The molecule has 0 N–H and O–H groups in total. The summed E-state index contributed by atoms with van der Waals surface area (Å²) in [5.41, 5.74) is 1.23. The van der Waals surface area contributed by atoms with Gasteiger partial charge in [-0.1, -0.05) is 11.6 Å². The number of fused-ring (bicyclic) bond motifs is 2. The molecule has 0 bridgehead atoms. The van der Waals surface area contributed by atoms with Crippen LogP contribution in [0.3, 0.4) is 0 Å². The van der Waals surface area contributed by atoms with Crippen LogP contribution in [0.5, 0.6) is 0 Å². The van der Waals surface area contributed by atoms with Gasteiger partial charge in [0, 0.05) is 36.5 Å². The number of nitrogens with zero attached hydrogens (tertiary/aromatic N) is 1. The van der Waals surface area contributed by atoms with Crippen molar-refractivity contribution in [2.24, 2.45) is 0 Å². The molecular weight excluding hydrogens is 238 g/mol. The summed E-state index contributed by atoms with van der Waals surface area (Å²) in [6.45, 7) is 1.89. The zero-order valence-electron chi connectivity index (χ0n) is 9.70. The quantitative estimate of drug-likeness (QED) is 0.664. The first-order valence-electron chi connectivity index (χ1n) is 5.83. The van der Waals surface area contributed by atoms with Crippen molar-refractivity contribution in [2.75, 3.05) is 20.1 Å². The average Bonchev–Trinajstić information content (AvgIpc) is 2.57. The van der Waals surface area contributed by atoms with Gasteiger partial charge in [-0.15, -0.1) is 0 Å². The maximum atomic E-state index is 11.9. The van der Waals surface area contributed by atoms with Crippen LogP contribution >= 0.6 is 11.6 Å². The number of carbonyl (C=O) groups excluding carboxylic acids is 1. The van der Waals surface area contributed by atoms with Gasteiger partial charge in [0.2, 0.25) is 0 Å². The fraction of sp³-hybridized carbons (Fsp3) is 0.462. The Kier molecular flexibility index (Phi) is 2.42. The van der Waals surface area contributed by atoms with E-state index in [2.05, 4.69) is 11.9 Å². The van der Waals surface area contributed by atoms with Gasteiger partial charge >= 0.3 is 5.97 Å². The highest BCUT2D eigenvalue weighted by Gasteiger charge is 2.46. The molecule has 0 radical (unpaired) electrons. The van der Waals surface area contributed by atoms with Crippen molar-refractivity contribution in [3.8, 4) is 0 Å². The van der Waals surface area contributed by atoms with Crippen LogP contribution in [0.15, 0.2) is 18.2 Å². The average molecular weight is 252 g/mol. The van der Waals surface area contributed by atoms with Gasteiger partial charge in [0.1, 0.15) is 5.60 Å². The van der Waals surface area contributed by atoms with E-state index in [0.717, 1.165) is 31.5 Å². The zero-order valence-corrected chi connectivity index (χ0v) is 10.5. The number of ether oxygens (including phenoxy) is 1. The standard InChI is InChI=1S/C13H14ClNO2/c1-15-6-4-13(5-7-15)11-8-9(14)2-3-10(11)12(16)17-13/h2-3,8H,4-7H2,1H3. The maximum Gasteiger partial charge on any atom is 0.339 e. The van der Waals surface area contributed by atoms with Crippen LogP contribution in [0.4, 0.5) is 0 Å². The highest BCUT2D eigenvalue weighted by atomic mass is 35.5. The van der Waals surface area contributed by atoms with Gasteiger partial charge in [-0.2, -0.15) is 0 Å². The lowest BCUT2D eigenvalue weighted by Crippen LogP contribution is -2.40. The molecule has 0 amide bonds. The molecule has 2 aliphatic heterocycles. The molecule has 2 aliphatic rings. The Bertz CT molecular complexity index is 478. The van der Waals surface area contributed by atoms with Crippen molar-refractivity contribution in [3.05, 3.63) is 34.3 Å². The molecule has 2 heterocycles. The molecule has 1 aromatic rings. The summed E-state index contributed by atoms with van der Waals surface area (Å²) in [4.78, 5) is 14.1. The first-order chi connectivity index (χ1) is 8.11. The molecule has 1 saturated heterocycles. The first kappa shape index (κ1) is 11.1. The fourth-order valence-corrected chi connectivity index (χ4v) is 2.88. The SMILES string of the molecule is CN1CCC2(CC1)OC(=O)c1ccc(Cl)cc12. The second kappa shape index (κ2) is 3.72. The minimum atomic E-state index is -0.427. The molecule has 1 fully saturated rings. The molecule has 3 nitrogen and oxygen atoms in total. The Morgan fingerprint density at radius 3 is 2.76 bits per heavy atom. The molecule has 0 atom stereocenters. The Balaban J connectivity index is 2.05. The lowest BCUT2D eigenvalue weighted by molar-refractivity contribution is -0.0394. The number of hydrogen-bond acceptors (Lipinski definition) is 3. The van der Waals surface area contributed by atoms with E-state index in [1.54, 1.807) is 12.1 Å². The van der Waals surface area contributed by atoms with Crippen molar-refractivity contribution in [1.29, 1.82) is 0 Å². The summed E-state index contributed by atoms with van der Waals surface area (Å²) < 4.78 is 5.64. The van der Waals surface area contributed by atoms with E-state index in [9.17, 15) is 4.79 Å². The topological polar surface area (TPSA) is 29.5 Å². The number of hydrogen-bond donors (Lipinski definition) is 0. The van der Waals surface area contributed by atoms with E-state index in [1.165, 1.54) is 0 Å². The molecule has 90 valence electrons. The molecule has 1 aromatic carbocycles. The number of esters is 1. The van der Waals surface area contributed by atoms with Crippen LogP contribution in [0.1, 0.15) is 28.8 Å². The zero-order chi connectivity index (χ0) is 12.0. The third-order valence-corrected chi connectivity index (χ3v) is 4.01. The molecule has 3 rings (SSSR count). The van der Waals surface area contributed by atoms with E-state index in [1.807, 2.05) is 6.07 Å². The molecule has 0 saturated carbocycles. The summed E-state index contributed by atoms with van der Waals surface area (Å²) >= 11 is 6.02. The second-order valence-electron chi connectivity index (χ2n) is 4.88. The Hall–Kier alpha value is -1.06. The molecule has 17 heavy (non-hydrogen) atoms. The Morgan fingerprint density at radius 1 is 1.35 bits per heavy atom. The lowest BCUT2D eigenvalue weighted by Gasteiger charge is -2.36. The first-order valence-corrected chi connectivity index (χ1v) is 6.20.